The zero-order chi connectivity index (χ0) is 25.1. The van der Waals surface area contributed by atoms with Crippen molar-refractivity contribution in [3.8, 4) is 0 Å². The predicted octanol–water partition coefficient (Wildman–Crippen LogP) is 2.91. The van der Waals surface area contributed by atoms with E-state index in [0.717, 1.165) is 54.2 Å². The van der Waals surface area contributed by atoms with Crippen LogP contribution in [-0.2, 0) is 10.0 Å². The molecule has 2 N–H and O–H groups in total. The number of rotatable bonds is 7. The van der Waals surface area contributed by atoms with Crippen LogP contribution in [-0.4, -0.2) is 66.5 Å². The number of aromatic nitrogens is 3. The Morgan fingerprint density at radius 2 is 1.86 bits per heavy atom. The number of hydrazine groups is 1. The smallest absolute Gasteiger partial charge is 0.254 e. The average molecular weight is 505 g/mol. The molecule has 0 spiro atoms. The van der Waals surface area contributed by atoms with E-state index >= 15 is 0 Å². The van der Waals surface area contributed by atoms with Gasteiger partial charge < -0.3 is 9.80 Å². The molecule has 1 unspecified atom stereocenters. The Labute approximate surface area is 211 Å². The highest BCUT2D eigenvalue weighted by Crippen LogP contribution is 2.35. The van der Waals surface area contributed by atoms with Crippen molar-refractivity contribution in [3.05, 3.63) is 90.1 Å². The second kappa shape index (κ2) is 9.96. The molecule has 10 nitrogen and oxygen atoms in total. The zero-order valence-electron chi connectivity index (χ0n) is 19.9. The van der Waals surface area contributed by atoms with Crippen LogP contribution in [0.1, 0.15) is 22.9 Å². The Balaban J connectivity index is 1.42. The predicted molar refractivity (Wildman–Crippen MR) is 141 cm³/mol. The minimum Gasteiger partial charge on any atom is -0.354 e. The monoisotopic (exact) mass is 504 g/mol. The molecule has 1 fully saturated rings. The quantitative estimate of drug-likeness (QED) is 0.502. The first kappa shape index (κ1) is 23.8. The molecule has 1 saturated heterocycles. The fourth-order valence-electron chi connectivity index (χ4n) is 4.30. The van der Waals surface area contributed by atoms with Gasteiger partial charge in [0.15, 0.2) is 0 Å². The number of fused-ring (bicyclic) bond motifs is 1. The number of likely N-dealkylation sites (N-methyl/N-ethyl adjacent to an activating group) is 1. The molecule has 2 aliphatic heterocycles. The summed E-state index contributed by atoms with van der Waals surface area (Å²) in [6.07, 6.45) is 10.8. The van der Waals surface area contributed by atoms with E-state index in [9.17, 15) is 8.42 Å². The second-order valence-electron chi connectivity index (χ2n) is 8.72. The van der Waals surface area contributed by atoms with E-state index in [-0.39, 0.29) is 6.04 Å². The van der Waals surface area contributed by atoms with Crippen LogP contribution in [0.2, 0.25) is 0 Å². The fourth-order valence-corrected chi connectivity index (χ4v) is 4.84. The highest BCUT2D eigenvalue weighted by Gasteiger charge is 2.27. The van der Waals surface area contributed by atoms with E-state index in [2.05, 4.69) is 48.5 Å². The van der Waals surface area contributed by atoms with Crippen molar-refractivity contribution < 1.29 is 8.42 Å². The Kier molecular flexibility index (Phi) is 6.57. The lowest BCUT2D eigenvalue weighted by molar-refractivity contribution is 0.312. The van der Waals surface area contributed by atoms with E-state index in [1.807, 2.05) is 41.7 Å². The van der Waals surface area contributed by atoms with Gasteiger partial charge in [0, 0.05) is 61.9 Å². The maximum atomic E-state index is 12.0. The van der Waals surface area contributed by atoms with Crippen molar-refractivity contribution in [2.45, 2.75) is 6.04 Å². The van der Waals surface area contributed by atoms with Gasteiger partial charge in [-0.05, 0) is 49.0 Å². The standard InChI is InChI=1S/C25H28N8O2S/c1-3-36(34,35)30-20-6-10-27-23(16-20)25-22-7-9-26-17-19(22)8-11-33(25)29-21-4-5-24(28-18-21)32-14-12-31(2)13-15-32/h3-11,16-18,25,29H,1,12-15H2,2H3,(H,27,30). The molecule has 0 bridgehead atoms. The Bertz CT molecular complexity index is 1370. The maximum absolute atomic E-state index is 12.0. The minimum absolute atomic E-state index is 0.335. The third-order valence-corrected chi connectivity index (χ3v) is 7.21. The van der Waals surface area contributed by atoms with Crippen LogP contribution in [0.3, 0.4) is 0 Å². The third-order valence-electron chi connectivity index (χ3n) is 6.25. The summed E-state index contributed by atoms with van der Waals surface area (Å²) < 4.78 is 26.5. The summed E-state index contributed by atoms with van der Waals surface area (Å²) in [6, 6.07) is 8.97. The number of nitrogens with zero attached hydrogens (tertiary/aromatic N) is 6. The summed E-state index contributed by atoms with van der Waals surface area (Å²) >= 11 is 0. The normalized spacial score (nSPS) is 18.0. The Morgan fingerprint density at radius 1 is 1.03 bits per heavy atom. The molecule has 2 aliphatic rings. The summed E-state index contributed by atoms with van der Waals surface area (Å²) in [4.78, 5) is 18.1. The Hall–Kier alpha value is -3.96. The number of sulfonamides is 1. The number of hydrogen-bond donors (Lipinski definition) is 2. The van der Waals surface area contributed by atoms with Gasteiger partial charge in [0.2, 0.25) is 0 Å². The van der Waals surface area contributed by atoms with Gasteiger partial charge in [-0.3, -0.25) is 25.1 Å². The van der Waals surface area contributed by atoms with Crippen LogP contribution in [0.25, 0.3) is 6.08 Å². The van der Waals surface area contributed by atoms with E-state index in [0.29, 0.717) is 11.4 Å². The van der Waals surface area contributed by atoms with Gasteiger partial charge in [0.1, 0.15) is 11.9 Å². The summed E-state index contributed by atoms with van der Waals surface area (Å²) in [7, 11) is -1.51. The number of piperazine rings is 1. The van der Waals surface area contributed by atoms with E-state index in [4.69, 9.17) is 0 Å². The highest BCUT2D eigenvalue weighted by molar-refractivity contribution is 7.95. The molecule has 5 heterocycles. The van der Waals surface area contributed by atoms with Gasteiger partial charge in [-0.2, -0.15) is 0 Å². The lowest BCUT2D eigenvalue weighted by atomic mass is 9.96. The van der Waals surface area contributed by atoms with Crippen molar-refractivity contribution in [3.63, 3.8) is 0 Å². The largest absolute Gasteiger partial charge is 0.354 e. The first-order chi connectivity index (χ1) is 17.4. The summed E-state index contributed by atoms with van der Waals surface area (Å²) in [5.41, 5.74) is 7.26. The molecule has 0 amide bonds. The van der Waals surface area contributed by atoms with Gasteiger partial charge >= 0.3 is 0 Å². The summed E-state index contributed by atoms with van der Waals surface area (Å²) in [6.45, 7) is 7.30. The van der Waals surface area contributed by atoms with Crippen molar-refractivity contribution in [2.24, 2.45) is 0 Å². The molecule has 36 heavy (non-hydrogen) atoms. The van der Waals surface area contributed by atoms with Crippen molar-refractivity contribution in [1.29, 1.82) is 0 Å². The van der Waals surface area contributed by atoms with E-state index < -0.39 is 10.0 Å². The SMILES string of the molecule is C=CS(=O)(=O)Nc1ccnc(C2c3ccncc3C=CN2Nc2ccc(N3CCN(C)CC3)nc2)c1. The summed E-state index contributed by atoms with van der Waals surface area (Å²) in [5, 5.41) is 2.81. The van der Waals surface area contributed by atoms with Crippen molar-refractivity contribution in [2.75, 3.05) is 48.3 Å². The lowest BCUT2D eigenvalue weighted by Crippen LogP contribution is -2.44. The number of anilines is 3. The third kappa shape index (κ3) is 5.16. The summed E-state index contributed by atoms with van der Waals surface area (Å²) in [5.74, 6) is 0.958. The molecule has 1 atom stereocenters. The maximum Gasteiger partial charge on any atom is 0.254 e. The molecule has 0 radical (unpaired) electrons. The fraction of sp³-hybridized carbons (Fsp3) is 0.240. The number of hydrogen-bond acceptors (Lipinski definition) is 9. The minimum atomic E-state index is -3.64. The molecular formula is C25H28N8O2S. The van der Waals surface area contributed by atoms with Crippen LogP contribution in [0.15, 0.2) is 73.3 Å². The molecule has 0 saturated carbocycles. The Morgan fingerprint density at radius 3 is 2.61 bits per heavy atom. The van der Waals surface area contributed by atoms with E-state index in [1.165, 1.54) is 0 Å². The molecule has 186 valence electrons. The zero-order valence-corrected chi connectivity index (χ0v) is 20.8. The molecule has 0 aromatic carbocycles. The topological polar surface area (TPSA) is 107 Å². The van der Waals surface area contributed by atoms with Gasteiger partial charge in [0.05, 0.1) is 23.3 Å². The van der Waals surface area contributed by atoms with Crippen LogP contribution in [0.5, 0.6) is 0 Å². The first-order valence-electron chi connectivity index (χ1n) is 11.6. The van der Waals surface area contributed by atoms with Crippen LogP contribution >= 0.6 is 0 Å². The second-order valence-corrected chi connectivity index (χ2v) is 10.3. The van der Waals surface area contributed by atoms with Crippen LogP contribution in [0.4, 0.5) is 17.2 Å². The van der Waals surface area contributed by atoms with Crippen LogP contribution in [0, 0.1) is 0 Å². The average Bonchev–Trinajstić information content (AvgIpc) is 2.89. The highest BCUT2D eigenvalue weighted by atomic mass is 32.2. The first-order valence-corrected chi connectivity index (χ1v) is 13.1. The van der Waals surface area contributed by atoms with Gasteiger partial charge in [-0.1, -0.05) is 6.58 Å². The van der Waals surface area contributed by atoms with E-state index in [1.54, 1.807) is 30.7 Å². The number of nitrogens with one attached hydrogen (secondary N) is 2. The lowest BCUT2D eigenvalue weighted by Gasteiger charge is -2.35. The molecule has 11 heteroatoms. The van der Waals surface area contributed by atoms with Crippen LogP contribution < -0.4 is 15.0 Å². The van der Waals surface area contributed by atoms with Crippen molar-refractivity contribution >= 4 is 33.3 Å². The molecule has 5 rings (SSSR count). The molecule has 3 aromatic rings. The number of pyridine rings is 3. The molecule has 3 aromatic heterocycles. The molecule has 0 aliphatic carbocycles. The molecular weight excluding hydrogens is 476 g/mol. The van der Waals surface area contributed by atoms with Gasteiger partial charge in [-0.25, -0.2) is 13.4 Å². The van der Waals surface area contributed by atoms with Gasteiger partial charge in [0.25, 0.3) is 10.0 Å². The van der Waals surface area contributed by atoms with Gasteiger partial charge in [-0.15, -0.1) is 0 Å². The van der Waals surface area contributed by atoms with Crippen molar-refractivity contribution in [1.82, 2.24) is 24.9 Å².